The first-order valence-corrected chi connectivity index (χ1v) is 10.0. The van der Waals surface area contributed by atoms with E-state index in [0.29, 0.717) is 16.1 Å². The molecule has 0 aliphatic carbocycles. The summed E-state index contributed by atoms with van der Waals surface area (Å²) in [5.41, 5.74) is 3.17. The fraction of sp³-hybridized carbons (Fsp3) is 0.182. The number of ether oxygens (including phenoxy) is 1. The van der Waals surface area contributed by atoms with Crippen molar-refractivity contribution >= 4 is 40.8 Å². The van der Waals surface area contributed by atoms with Crippen molar-refractivity contribution in [1.82, 2.24) is 4.57 Å². The van der Waals surface area contributed by atoms with Crippen LogP contribution in [0.5, 0.6) is 0 Å². The minimum absolute atomic E-state index is 0.218. The molecule has 6 heteroatoms. The molecule has 0 amide bonds. The molecule has 0 spiro atoms. The normalized spacial score (nSPS) is 11.1. The molecule has 0 N–H and O–H groups in total. The number of rotatable bonds is 7. The quantitative estimate of drug-likeness (QED) is 0.299. The summed E-state index contributed by atoms with van der Waals surface area (Å²) in [6.45, 7) is 4.31. The molecule has 0 radical (unpaired) electrons. The minimum Gasteiger partial charge on any atom is -0.454 e. The number of benzene rings is 1. The molecule has 3 rings (SSSR count). The highest BCUT2D eigenvalue weighted by atomic mass is 35.5. The number of hydrogen-bond donors (Lipinski definition) is 0. The smallest absolute Gasteiger partial charge is 0.331 e. The molecule has 0 saturated heterocycles. The van der Waals surface area contributed by atoms with Crippen LogP contribution in [0.4, 0.5) is 0 Å². The second-order valence-electron chi connectivity index (χ2n) is 6.34. The molecular formula is C22H20ClNO3S. The monoisotopic (exact) mass is 413 g/mol. The summed E-state index contributed by atoms with van der Waals surface area (Å²) in [6, 6.07) is 13.1. The first-order chi connectivity index (χ1) is 13.5. The Hall–Kier alpha value is -2.63. The summed E-state index contributed by atoms with van der Waals surface area (Å²) in [5.74, 6) is -0.800. The number of esters is 1. The van der Waals surface area contributed by atoms with Crippen LogP contribution in [0.2, 0.25) is 5.02 Å². The number of carbonyl (C=O) groups is 2. The molecule has 28 heavy (non-hydrogen) atoms. The van der Waals surface area contributed by atoms with Gasteiger partial charge in [0.15, 0.2) is 6.61 Å². The van der Waals surface area contributed by atoms with E-state index in [-0.39, 0.29) is 12.4 Å². The van der Waals surface area contributed by atoms with Crippen LogP contribution in [-0.2, 0) is 16.1 Å². The van der Waals surface area contributed by atoms with Crippen LogP contribution in [0.3, 0.4) is 0 Å². The van der Waals surface area contributed by atoms with E-state index < -0.39 is 5.97 Å². The minimum atomic E-state index is -0.583. The van der Waals surface area contributed by atoms with Crippen LogP contribution in [0.25, 0.3) is 6.08 Å². The van der Waals surface area contributed by atoms with Gasteiger partial charge in [0.2, 0.25) is 5.78 Å². The Balaban J connectivity index is 1.62. The summed E-state index contributed by atoms with van der Waals surface area (Å²) >= 11 is 7.72. The van der Waals surface area contributed by atoms with Gasteiger partial charge in [0.1, 0.15) is 0 Å². The van der Waals surface area contributed by atoms with Crippen LogP contribution >= 0.6 is 22.9 Å². The Kier molecular flexibility index (Phi) is 6.49. The lowest BCUT2D eigenvalue weighted by molar-refractivity contribution is -0.136. The van der Waals surface area contributed by atoms with E-state index in [1.165, 1.54) is 11.0 Å². The largest absolute Gasteiger partial charge is 0.454 e. The Bertz CT molecular complexity index is 1020. The van der Waals surface area contributed by atoms with Gasteiger partial charge in [-0.05, 0) is 49.1 Å². The lowest BCUT2D eigenvalue weighted by Crippen LogP contribution is -2.13. The standard InChI is InChI=1S/C22H20ClNO3S/c1-15-12-19(16(2)24(15)13-18-7-5-11-28-18)21(25)14-27-22(26)10-9-17-6-3-4-8-20(17)23/h3-12H,13-14H2,1-2H3. The maximum Gasteiger partial charge on any atom is 0.331 e. The summed E-state index contributed by atoms with van der Waals surface area (Å²) in [4.78, 5) is 25.7. The van der Waals surface area contributed by atoms with Gasteiger partial charge in [-0.15, -0.1) is 11.3 Å². The second kappa shape index (κ2) is 9.04. The number of hydrogen-bond acceptors (Lipinski definition) is 4. The molecule has 2 heterocycles. The van der Waals surface area contributed by atoms with Crippen molar-refractivity contribution in [2.24, 2.45) is 0 Å². The third-order valence-electron chi connectivity index (χ3n) is 4.42. The second-order valence-corrected chi connectivity index (χ2v) is 7.78. The lowest BCUT2D eigenvalue weighted by Gasteiger charge is -2.08. The van der Waals surface area contributed by atoms with Gasteiger partial charge < -0.3 is 9.30 Å². The Morgan fingerprint density at radius 2 is 1.96 bits per heavy atom. The van der Waals surface area contributed by atoms with Gasteiger partial charge in [0.25, 0.3) is 0 Å². The van der Waals surface area contributed by atoms with Gasteiger partial charge in [0, 0.05) is 32.9 Å². The maximum absolute atomic E-state index is 12.5. The molecular weight excluding hydrogens is 394 g/mol. The summed E-state index contributed by atoms with van der Waals surface area (Å²) in [6.07, 6.45) is 2.84. The Morgan fingerprint density at radius 3 is 2.68 bits per heavy atom. The zero-order chi connectivity index (χ0) is 20.1. The summed E-state index contributed by atoms with van der Waals surface area (Å²) in [7, 11) is 0. The number of halogens is 1. The highest BCUT2D eigenvalue weighted by molar-refractivity contribution is 7.09. The average molecular weight is 414 g/mol. The SMILES string of the molecule is Cc1cc(C(=O)COC(=O)C=Cc2ccccc2Cl)c(C)n1Cc1cccs1. The van der Waals surface area contributed by atoms with E-state index in [1.807, 2.05) is 43.5 Å². The number of carbonyl (C=O) groups excluding carboxylic acids is 2. The first-order valence-electron chi connectivity index (χ1n) is 8.77. The number of thiophene rings is 1. The zero-order valence-electron chi connectivity index (χ0n) is 15.6. The van der Waals surface area contributed by atoms with Crippen molar-refractivity contribution in [1.29, 1.82) is 0 Å². The Labute approximate surface area is 173 Å². The molecule has 0 bridgehead atoms. The molecule has 1 aromatic carbocycles. The topological polar surface area (TPSA) is 48.3 Å². The van der Waals surface area contributed by atoms with Crippen LogP contribution < -0.4 is 0 Å². The molecule has 2 aromatic heterocycles. The fourth-order valence-corrected chi connectivity index (χ4v) is 3.81. The van der Waals surface area contributed by atoms with Crippen molar-refractivity contribution < 1.29 is 14.3 Å². The van der Waals surface area contributed by atoms with Gasteiger partial charge in [-0.3, -0.25) is 4.79 Å². The molecule has 0 saturated carbocycles. The van der Waals surface area contributed by atoms with Gasteiger partial charge in [-0.1, -0.05) is 35.9 Å². The lowest BCUT2D eigenvalue weighted by atomic mass is 10.1. The van der Waals surface area contributed by atoms with Gasteiger partial charge in [0.05, 0.1) is 6.54 Å². The molecule has 144 valence electrons. The van der Waals surface area contributed by atoms with Crippen molar-refractivity contribution in [2.75, 3.05) is 6.61 Å². The number of Topliss-reactive ketones (excluding diaryl/α,β-unsaturated/α-hetero) is 1. The predicted molar refractivity (Wildman–Crippen MR) is 113 cm³/mol. The number of aryl methyl sites for hydroxylation is 1. The average Bonchev–Trinajstić information content (AvgIpc) is 3.29. The van der Waals surface area contributed by atoms with E-state index >= 15 is 0 Å². The van der Waals surface area contributed by atoms with E-state index in [0.717, 1.165) is 17.9 Å². The number of aromatic nitrogens is 1. The highest BCUT2D eigenvalue weighted by Crippen LogP contribution is 2.20. The molecule has 0 unspecified atom stereocenters. The molecule has 0 aliphatic rings. The van der Waals surface area contributed by atoms with E-state index in [4.69, 9.17) is 16.3 Å². The van der Waals surface area contributed by atoms with Gasteiger partial charge in [-0.25, -0.2) is 4.79 Å². The molecule has 4 nitrogen and oxygen atoms in total. The van der Waals surface area contributed by atoms with Crippen LogP contribution in [0, 0.1) is 13.8 Å². The van der Waals surface area contributed by atoms with Crippen molar-refractivity contribution in [3.8, 4) is 0 Å². The van der Waals surface area contributed by atoms with E-state index in [1.54, 1.807) is 29.5 Å². The summed E-state index contributed by atoms with van der Waals surface area (Å²) < 4.78 is 7.20. The maximum atomic E-state index is 12.5. The molecule has 0 atom stereocenters. The van der Waals surface area contributed by atoms with Crippen LogP contribution in [0.15, 0.2) is 53.9 Å². The molecule has 3 aromatic rings. The predicted octanol–water partition coefficient (Wildman–Crippen LogP) is 5.31. The van der Waals surface area contributed by atoms with Crippen molar-refractivity contribution in [3.05, 3.63) is 86.3 Å². The van der Waals surface area contributed by atoms with Gasteiger partial charge >= 0.3 is 5.97 Å². The first kappa shape index (κ1) is 20.1. The van der Waals surface area contributed by atoms with Crippen molar-refractivity contribution in [2.45, 2.75) is 20.4 Å². The third kappa shape index (κ3) is 4.80. The van der Waals surface area contributed by atoms with Crippen molar-refractivity contribution in [3.63, 3.8) is 0 Å². The number of nitrogens with zero attached hydrogens (tertiary/aromatic N) is 1. The molecule has 0 fully saturated rings. The van der Waals surface area contributed by atoms with Crippen LogP contribution in [-0.4, -0.2) is 22.9 Å². The number of ketones is 1. The highest BCUT2D eigenvalue weighted by Gasteiger charge is 2.17. The van der Waals surface area contributed by atoms with Crippen LogP contribution in [0.1, 0.15) is 32.2 Å². The zero-order valence-corrected chi connectivity index (χ0v) is 17.2. The fourth-order valence-electron chi connectivity index (χ4n) is 2.92. The van der Waals surface area contributed by atoms with E-state index in [2.05, 4.69) is 10.6 Å². The van der Waals surface area contributed by atoms with Gasteiger partial charge in [-0.2, -0.15) is 0 Å². The molecule has 0 aliphatic heterocycles. The third-order valence-corrected chi connectivity index (χ3v) is 5.62. The van der Waals surface area contributed by atoms with E-state index in [9.17, 15) is 9.59 Å². The Morgan fingerprint density at radius 1 is 1.18 bits per heavy atom. The summed E-state index contributed by atoms with van der Waals surface area (Å²) in [5, 5.41) is 2.58.